The standard InChI is InChI=1S/C11H13F3N6OS/c1-7-15-8(21-18-7)6-19-2-4-20(5-3-19)10-17-16-9(22-10)11(12,13)14/h2-6H2,1H3. The van der Waals surface area contributed by atoms with Crippen molar-refractivity contribution in [1.82, 2.24) is 25.2 Å². The summed E-state index contributed by atoms with van der Waals surface area (Å²) in [5.41, 5.74) is 0. The molecule has 1 saturated heterocycles. The lowest BCUT2D eigenvalue weighted by Gasteiger charge is -2.33. The first-order chi connectivity index (χ1) is 10.4. The molecule has 22 heavy (non-hydrogen) atoms. The maximum Gasteiger partial charge on any atom is 0.445 e. The average Bonchev–Trinajstić information content (AvgIpc) is 3.08. The maximum absolute atomic E-state index is 12.5. The molecule has 7 nitrogen and oxygen atoms in total. The third-order valence-corrected chi connectivity index (χ3v) is 4.26. The van der Waals surface area contributed by atoms with Crippen LogP contribution in [0.25, 0.3) is 0 Å². The van der Waals surface area contributed by atoms with Gasteiger partial charge in [0.2, 0.25) is 16.0 Å². The lowest BCUT2D eigenvalue weighted by Crippen LogP contribution is -2.46. The molecule has 0 aromatic carbocycles. The fourth-order valence-electron chi connectivity index (χ4n) is 2.15. The number of aryl methyl sites for hydroxylation is 1. The lowest BCUT2D eigenvalue weighted by atomic mass is 10.3. The summed E-state index contributed by atoms with van der Waals surface area (Å²) in [4.78, 5) is 8.05. The van der Waals surface area contributed by atoms with Crippen LogP contribution in [-0.4, -0.2) is 51.4 Å². The van der Waals surface area contributed by atoms with Crippen LogP contribution >= 0.6 is 11.3 Å². The van der Waals surface area contributed by atoms with Crippen LogP contribution in [0.15, 0.2) is 4.52 Å². The monoisotopic (exact) mass is 334 g/mol. The number of anilines is 1. The predicted molar refractivity (Wildman–Crippen MR) is 71.4 cm³/mol. The molecule has 0 radical (unpaired) electrons. The van der Waals surface area contributed by atoms with Gasteiger partial charge in [-0.25, -0.2) is 0 Å². The van der Waals surface area contributed by atoms with Gasteiger partial charge in [0.25, 0.3) is 0 Å². The number of rotatable bonds is 3. The first kappa shape index (κ1) is 15.2. The Morgan fingerprint density at radius 3 is 2.45 bits per heavy atom. The fraction of sp³-hybridized carbons (Fsp3) is 0.636. The van der Waals surface area contributed by atoms with Gasteiger partial charge in [0, 0.05) is 26.2 Å². The molecule has 3 rings (SSSR count). The topological polar surface area (TPSA) is 71.2 Å². The van der Waals surface area contributed by atoms with Gasteiger partial charge in [-0.2, -0.15) is 18.2 Å². The van der Waals surface area contributed by atoms with Gasteiger partial charge in [0.05, 0.1) is 6.54 Å². The molecule has 0 spiro atoms. The van der Waals surface area contributed by atoms with Crippen molar-refractivity contribution >= 4 is 16.5 Å². The summed E-state index contributed by atoms with van der Waals surface area (Å²) in [6.07, 6.45) is -4.44. The van der Waals surface area contributed by atoms with Gasteiger partial charge in [-0.3, -0.25) is 4.90 Å². The Kier molecular flexibility index (Phi) is 4.00. The third kappa shape index (κ3) is 3.35. The van der Waals surface area contributed by atoms with Crippen molar-refractivity contribution in [2.24, 2.45) is 0 Å². The molecule has 0 aliphatic carbocycles. The first-order valence-corrected chi connectivity index (χ1v) is 7.40. The largest absolute Gasteiger partial charge is 0.445 e. The summed E-state index contributed by atoms with van der Waals surface area (Å²) in [5.74, 6) is 1.13. The molecular weight excluding hydrogens is 321 g/mol. The number of hydrogen-bond donors (Lipinski definition) is 0. The molecule has 0 unspecified atom stereocenters. The van der Waals surface area contributed by atoms with Crippen molar-refractivity contribution in [3.05, 3.63) is 16.7 Å². The van der Waals surface area contributed by atoms with E-state index < -0.39 is 11.2 Å². The van der Waals surface area contributed by atoms with Crippen molar-refractivity contribution in [3.63, 3.8) is 0 Å². The Hall–Kier alpha value is -1.75. The van der Waals surface area contributed by atoms with E-state index >= 15 is 0 Å². The van der Waals surface area contributed by atoms with Gasteiger partial charge < -0.3 is 9.42 Å². The van der Waals surface area contributed by atoms with E-state index in [1.165, 1.54) is 0 Å². The lowest BCUT2D eigenvalue weighted by molar-refractivity contribution is -0.138. The van der Waals surface area contributed by atoms with Crippen molar-refractivity contribution in [2.75, 3.05) is 31.1 Å². The predicted octanol–water partition coefficient (Wildman–Crippen LogP) is 1.57. The van der Waals surface area contributed by atoms with Gasteiger partial charge in [-0.1, -0.05) is 16.5 Å². The molecule has 0 N–H and O–H groups in total. The molecule has 0 atom stereocenters. The molecule has 2 aromatic rings. The summed E-state index contributed by atoms with van der Waals surface area (Å²) in [6, 6.07) is 0. The zero-order valence-corrected chi connectivity index (χ0v) is 12.5. The van der Waals surface area contributed by atoms with Crippen LogP contribution in [0.4, 0.5) is 18.3 Å². The van der Waals surface area contributed by atoms with Gasteiger partial charge in [0.15, 0.2) is 5.82 Å². The molecule has 0 bridgehead atoms. The first-order valence-electron chi connectivity index (χ1n) is 6.59. The summed E-state index contributed by atoms with van der Waals surface area (Å²) >= 11 is 0.574. The van der Waals surface area contributed by atoms with Crippen LogP contribution in [0.1, 0.15) is 16.7 Å². The summed E-state index contributed by atoms with van der Waals surface area (Å²) < 4.78 is 42.7. The number of halogens is 3. The molecule has 120 valence electrons. The highest BCUT2D eigenvalue weighted by Gasteiger charge is 2.36. The average molecular weight is 334 g/mol. The zero-order valence-electron chi connectivity index (χ0n) is 11.7. The number of nitrogens with zero attached hydrogens (tertiary/aromatic N) is 6. The number of hydrogen-bond acceptors (Lipinski definition) is 8. The van der Waals surface area contributed by atoms with Crippen molar-refractivity contribution in [2.45, 2.75) is 19.6 Å². The van der Waals surface area contributed by atoms with Crippen molar-refractivity contribution < 1.29 is 17.7 Å². The number of aromatic nitrogens is 4. The van der Waals surface area contributed by atoms with Crippen LogP contribution in [0, 0.1) is 6.92 Å². The van der Waals surface area contributed by atoms with Crippen LogP contribution < -0.4 is 4.90 Å². The maximum atomic E-state index is 12.5. The van der Waals surface area contributed by atoms with Gasteiger partial charge in [0.1, 0.15) is 0 Å². The molecule has 11 heteroatoms. The quantitative estimate of drug-likeness (QED) is 0.844. The van der Waals surface area contributed by atoms with Crippen LogP contribution in [-0.2, 0) is 12.7 Å². The van der Waals surface area contributed by atoms with E-state index in [4.69, 9.17) is 4.52 Å². The SMILES string of the molecule is Cc1noc(CN2CCN(c3nnc(C(F)(F)F)s3)CC2)n1. The van der Waals surface area contributed by atoms with Crippen LogP contribution in [0.2, 0.25) is 0 Å². The second kappa shape index (κ2) is 5.80. The van der Waals surface area contributed by atoms with Crippen LogP contribution in [0.5, 0.6) is 0 Å². The van der Waals surface area contributed by atoms with Crippen LogP contribution in [0.3, 0.4) is 0 Å². The van der Waals surface area contributed by atoms with Crippen molar-refractivity contribution in [3.8, 4) is 0 Å². The van der Waals surface area contributed by atoms with E-state index in [9.17, 15) is 13.2 Å². The minimum absolute atomic E-state index is 0.306. The number of alkyl halides is 3. The van der Waals surface area contributed by atoms with E-state index in [0.29, 0.717) is 60.9 Å². The molecule has 1 aliphatic heterocycles. The molecule has 1 fully saturated rings. The van der Waals surface area contributed by atoms with Gasteiger partial charge in [-0.15, -0.1) is 10.2 Å². The molecular formula is C11H13F3N6OS. The Morgan fingerprint density at radius 2 is 1.91 bits per heavy atom. The Labute approximate surface area is 127 Å². The Bertz CT molecular complexity index is 634. The molecule has 2 aromatic heterocycles. The number of piperazine rings is 1. The second-order valence-corrected chi connectivity index (χ2v) is 5.84. The van der Waals surface area contributed by atoms with E-state index in [0.717, 1.165) is 0 Å². The highest BCUT2D eigenvalue weighted by molar-refractivity contribution is 7.15. The van der Waals surface area contributed by atoms with E-state index in [1.54, 1.807) is 6.92 Å². The van der Waals surface area contributed by atoms with E-state index in [-0.39, 0.29) is 0 Å². The summed E-state index contributed by atoms with van der Waals surface area (Å²) in [5, 5.41) is 9.96. The summed E-state index contributed by atoms with van der Waals surface area (Å²) in [7, 11) is 0. The van der Waals surface area contributed by atoms with E-state index in [1.807, 2.05) is 4.90 Å². The molecule has 0 saturated carbocycles. The minimum Gasteiger partial charge on any atom is -0.344 e. The molecule has 3 heterocycles. The Morgan fingerprint density at radius 1 is 1.18 bits per heavy atom. The normalized spacial score (nSPS) is 17.2. The fourth-order valence-corrected chi connectivity index (χ4v) is 2.91. The zero-order chi connectivity index (χ0) is 15.7. The smallest absolute Gasteiger partial charge is 0.344 e. The van der Waals surface area contributed by atoms with Gasteiger partial charge in [-0.05, 0) is 6.92 Å². The highest BCUT2D eigenvalue weighted by Crippen LogP contribution is 2.34. The highest BCUT2D eigenvalue weighted by atomic mass is 32.1. The minimum atomic E-state index is -4.44. The van der Waals surface area contributed by atoms with E-state index in [2.05, 4.69) is 25.2 Å². The van der Waals surface area contributed by atoms with Crippen molar-refractivity contribution in [1.29, 1.82) is 0 Å². The second-order valence-electron chi connectivity index (χ2n) is 4.89. The summed E-state index contributed by atoms with van der Waals surface area (Å²) in [6.45, 7) is 4.82. The third-order valence-electron chi connectivity index (χ3n) is 3.23. The molecule has 0 amide bonds. The molecule has 1 aliphatic rings. The Balaban J connectivity index is 1.56. The van der Waals surface area contributed by atoms with Gasteiger partial charge >= 0.3 is 6.18 Å².